The average molecular weight is 298 g/mol. The molecule has 0 heterocycles. The molecule has 0 aromatic heterocycles. The van der Waals surface area contributed by atoms with E-state index < -0.39 is 0 Å². The van der Waals surface area contributed by atoms with Crippen molar-refractivity contribution in [2.24, 2.45) is 0 Å². The normalized spacial score (nSPS) is 10.4. The van der Waals surface area contributed by atoms with Gasteiger partial charge in [-0.3, -0.25) is 4.79 Å². The number of methoxy groups -OCH3 is 2. The minimum absolute atomic E-state index is 0.0207. The Kier molecular flexibility index (Phi) is 11.2. The van der Waals surface area contributed by atoms with E-state index in [-0.39, 0.29) is 12.5 Å². The highest BCUT2D eigenvalue weighted by Crippen LogP contribution is 1.94. The summed E-state index contributed by atoms with van der Waals surface area (Å²) in [5, 5.41) is 0.751. The largest absolute Gasteiger partial charge is 0.383 e. The van der Waals surface area contributed by atoms with E-state index in [1.54, 1.807) is 19.1 Å². The number of hydrogen-bond donors (Lipinski definition) is 0. The Balaban J connectivity index is 3.77. The summed E-state index contributed by atoms with van der Waals surface area (Å²) < 4.78 is 14.9. The third-order valence-corrected chi connectivity index (χ3v) is 2.28. The molecule has 6 heteroatoms. The van der Waals surface area contributed by atoms with Crippen LogP contribution < -0.4 is 0 Å². The molecule has 0 N–H and O–H groups in total. The minimum Gasteiger partial charge on any atom is -0.383 e. The van der Waals surface area contributed by atoms with Crippen molar-refractivity contribution in [3.63, 3.8) is 0 Å². The first-order valence-corrected chi connectivity index (χ1v) is 6.27. The number of carbonyl (C=O) groups is 1. The summed E-state index contributed by atoms with van der Waals surface area (Å²) in [6.07, 6.45) is 0. The fourth-order valence-corrected chi connectivity index (χ4v) is 1.49. The van der Waals surface area contributed by atoms with Crippen LogP contribution in [0.4, 0.5) is 0 Å². The molecule has 0 aliphatic carbocycles. The van der Waals surface area contributed by atoms with E-state index in [1.807, 2.05) is 0 Å². The van der Waals surface area contributed by atoms with Crippen molar-refractivity contribution in [3.05, 3.63) is 0 Å². The molecule has 1 amide bonds. The Morgan fingerprint density at radius 3 is 2.38 bits per heavy atom. The molecule has 96 valence electrons. The van der Waals surface area contributed by atoms with Gasteiger partial charge in [-0.25, -0.2) is 0 Å². The van der Waals surface area contributed by atoms with Crippen LogP contribution in [-0.2, 0) is 19.0 Å². The molecule has 0 saturated heterocycles. The lowest BCUT2D eigenvalue weighted by Crippen LogP contribution is -2.38. The molecular formula is C10H20BrNO4. The first-order chi connectivity index (χ1) is 7.76. The lowest BCUT2D eigenvalue weighted by atomic mass is 10.4. The smallest absolute Gasteiger partial charge is 0.248 e. The van der Waals surface area contributed by atoms with Gasteiger partial charge in [0.25, 0.3) is 0 Å². The predicted molar refractivity (Wildman–Crippen MR) is 64.9 cm³/mol. The fourth-order valence-electron chi connectivity index (χ4n) is 1.06. The summed E-state index contributed by atoms with van der Waals surface area (Å²) in [6, 6.07) is 0. The number of hydrogen-bond acceptors (Lipinski definition) is 4. The molecule has 16 heavy (non-hydrogen) atoms. The van der Waals surface area contributed by atoms with E-state index in [2.05, 4.69) is 15.9 Å². The summed E-state index contributed by atoms with van der Waals surface area (Å²) in [5.41, 5.74) is 0. The highest BCUT2D eigenvalue weighted by atomic mass is 79.9. The minimum atomic E-state index is -0.0207. The van der Waals surface area contributed by atoms with Crippen LogP contribution in [0, 0.1) is 0 Å². The van der Waals surface area contributed by atoms with Crippen LogP contribution in [0.25, 0.3) is 0 Å². The van der Waals surface area contributed by atoms with Crippen LogP contribution in [0.5, 0.6) is 0 Å². The van der Waals surface area contributed by atoms with Crippen LogP contribution in [0.2, 0.25) is 0 Å². The van der Waals surface area contributed by atoms with Gasteiger partial charge in [0.2, 0.25) is 5.91 Å². The first-order valence-electron chi connectivity index (χ1n) is 5.15. The van der Waals surface area contributed by atoms with Crippen molar-refractivity contribution < 1.29 is 19.0 Å². The fraction of sp³-hybridized carbons (Fsp3) is 0.900. The monoisotopic (exact) mass is 297 g/mol. The molecule has 0 atom stereocenters. The lowest BCUT2D eigenvalue weighted by Gasteiger charge is -2.21. The molecule has 0 radical (unpaired) electrons. The van der Waals surface area contributed by atoms with E-state index in [4.69, 9.17) is 14.2 Å². The zero-order valence-corrected chi connectivity index (χ0v) is 11.5. The number of amides is 1. The molecule has 0 aromatic rings. The van der Waals surface area contributed by atoms with E-state index >= 15 is 0 Å². The van der Waals surface area contributed by atoms with Gasteiger partial charge in [-0.2, -0.15) is 0 Å². The van der Waals surface area contributed by atoms with E-state index in [1.165, 1.54) is 0 Å². The van der Waals surface area contributed by atoms with Crippen molar-refractivity contribution in [2.45, 2.75) is 0 Å². The Labute approximate surface area is 105 Å². The quantitative estimate of drug-likeness (QED) is 0.436. The van der Waals surface area contributed by atoms with Gasteiger partial charge in [-0.15, -0.1) is 0 Å². The van der Waals surface area contributed by atoms with Gasteiger partial charge in [0.1, 0.15) is 6.61 Å². The molecule has 0 unspecified atom stereocenters. The van der Waals surface area contributed by atoms with Gasteiger partial charge in [0.05, 0.1) is 19.8 Å². The molecule has 0 spiro atoms. The van der Waals surface area contributed by atoms with Crippen molar-refractivity contribution in [1.82, 2.24) is 4.90 Å². The van der Waals surface area contributed by atoms with Crippen molar-refractivity contribution in [2.75, 3.05) is 59.1 Å². The molecule has 5 nitrogen and oxygen atoms in total. The number of ether oxygens (including phenoxy) is 3. The summed E-state index contributed by atoms with van der Waals surface area (Å²) in [6.45, 7) is 2.83. The Morgan fingerprint density at radius 2 is 1.81 bits per heavy atom. The molecule has 0 saturated carbocycles. The number of alkyl halides is 1. The lowest BCUT2D eigenvalue weighted by molar-refractivity contribution is -0.136. The van der Waals surface area contributed by atoms with Crippen LogP contribution in [-0.4, -0.2) is 69.9 Å². The molecule has 0 aromatic carbocycles. The van der Waals surface area contributed by atoms with E-state index in [0.717, 1.165) is 5.33 Å². The molecular weight excluding hydrogens is 278 g/mol. The summed E-state index contributed by atoms with van der Waals surface area (Å²) in [4.78, 5) is 13.4. The molecule has 0 rings (SSSR count). The van der Waals surface area contributed by atoms with Crippen molar-refractivity contribution >= 4 is 21.8 Å². The SMILES string of the molecule is COCCOCC(=O)N(CCBr)CCOC. The Hall–Kier alpha value is -0.170. The van der Waals surface area contributed by atoms with Crippen LogP contribution in [0.3, 0.4) is 0 Å². The van der Waals surface area contributed by atoms with Gasteiger partial charge >= 0.3 is 0 Å². The van der Waals surface area contributed by atoms with Gasteiger partial charge in [-0.1, -0.05) is 15.9 Å². The summed E-state index contributed by atoms with van der Waals surface area (Å²) >= 11 is 3.31. The standard InChI is InChI=1S/C10H20BrNO4/c1-14-6-5-12(4-3-11)10(13)9-16-8-7-15-2/h3-9H2,1-2H3. The maximum Gasteiger partial charge on any atom is 0.248 e. The highest BCUT2D eigenvalue weighted by molar-refractivity contribution is 9.09. The Bertz CT molecular complexity index is 180. The zero-order valence-electron chi connectivity index (χ0n) is 9.91. The predicted octanol–water partition coefficient (Wildman–Crippen LogP) is 0.519. The number of nitrogens with zero attached hydrogens (tertiary/aromatic N) is 1. The van der Waals surface area contributed by atoms with Gasteiger partial charge < -0.3 is 19.1 Å². The third kappa shape index (κ3) is 8.04. The van der Waals surface area contributed by atoms with Crippen LogP contribution >= 0.6 is 15.9 Å². The number of carbonyl (C=O) groups excluding carboxylic acids is 1. The average Bonchev–Trinajstić information content (AvgIpc) is 2.29. The second kappa shape index (κ2) is 11.3. The van der Waals surface area contributed by atoms with Crippen molar-refractivity contribution in [1.29, 1.82) is 0 Å². The van der Waals surface area contributed by atoms with Gasteiger partial charge in [0.15, 0.2) is 0 Å². The Morgan fingerprint density at radius 1 is 1.12 bits per heavy atom. The zero-order chi connectivity index (χ0) is 12.2. The number of halogens is 1. The molecule has 0 bridgehead atoms. The second-order valence-electron chi connectivity index (χ2n) is 3.11. The van der Waals surface area contributed by atoms with Crippen LogP contribution in [0.1, 0.15) is 0 Å². The van der Waals surface area contributed by atoms with Crippen molar-refractivity contribution in [3.8, 4) is 0 Å². The highest BCUT2D eigenvalue weighted by Gasteiger charge is 2.12. The number of rotatable bonds is 10. The topological polar surface area (TPSA) is 48.0 Å². The van der Waals surface area contributed by atoms with E-state index in [0.29, 0.717) is 32.9 Å². The summed E-state index contributed by atoms with van der Waals surface area (Å²) in [7, 11) is 3.22. The first kappa shape index (κ1) is 15.8. The van der Waals surface area contributed by atoms with Gasteiger partial charge in [0, 0.05) is 32.6 Å². The van der Waals surface area contributed by atoms with Gasteiger partial charge in [-0.05, 0) is 0 Å². The molecule has 0 aliphatic rings. The molecule has 0 aliphatic heterocycles. The third-order valence-electron chi connectivity index (χ3n) is 1.93. The molecule has 0 fully saturated rings. The van der Waals surface area contributed by atoms with E-state index in [9.17, 15) is 4.79 Å². The second-order valence-corrected chi connectivity index (χ2v) is 3.90. The summed E-state index contributed by atoms with van der Waals surface area (Å²) in [5.74, 6) is -0.0207. The maximum absolute atomic E-state index is 11.7. The van der Waals surface area contributed by atoms with Crippen LogP contribution in [0.15, 0.2) is 0 Å². The maximum atomic E-state index is 11.7.